The van der Waals surface area contributed by atoms with Gasteiger partial charge in [-0.15, -0.1) is 0 Å². The Bertz CT molecular complexity index is 949. The maximum Gasteiger partial charge on any atom is 0.337 e. The zero-order valence-corrected chi connectivity index (χ0v) is 29.1. The SMILES string of the molecule is NC1CCCCC1N.O=P(O)(O)CP(=O)(O)O.O=P(O)(O)CP(=O)(O)O.O=P(O)(O)CP(=O)(O)O.O=P(O)(O)CP(=O)(O)O. The average Bonchev–Trinajstić information content (AvgIpc) is 2.53. The van der Waals surface area contributed by atoms with Crippen LogP contribution in [0, 0.1) is 0 Å². The molecule has 34 heteroatoms. The molecule has 1 saturated carbocycles. The predicted octanol–water partition coefficient (Wildman–Crippen LogP) is -2.59. The molecule has 1 aliphatic carbocycles. The van der Waals surface area contributed by atoms with Crippen molar-refractivity contribution in [3.63, 3.8) is 0 Å². The van der Waals surface area contributed by atoms with E-state index in [2.05, 4.69) is 0 Å². The molecule has 0 aromatic heterocycles. The summed E-state index contributed by atoms with van der Waals surface area (Å²) in [6.45, 7) is 0. The fraction of sp³-hybridized carbons (Fsp3) is 1.00. The molecule has 1 fully saturated rings. The number of hydrogen-bond acceptors (Lipinski definition) is 10. The molecule has 0 saturated heterocycles. The molecule has 0 spiro atoms. The molecule has 0 aliphatic heterocycles. The summed E-state index contributed by atoms with van der Waals surface area (Å²) >= 11 is 0. The van der Waals surface area contributed by atoms with Crippen molar-refractivity contribution >= 4 is 60.8 Å². The number of hydrogen-bond donors (Lipinski definition) is 18. The van der Waals surface area contributed by atoms with Gasteiger partial charge in [0.2, 0.25) is 0 Å². The predicted molar refractivity (Wildman–Crippen MR) is 150 cm³/mol. The second kappa shape index (κ2) is 20.6. The lowest BCUT2D eigenvalue weighted by molar-refractivity contribution is 0.352. The van der Waals surface area contributed by atoms with Crippen molar-refractivity contribution in [1.29, 1.82) is 0 Å². The minimum atomic E-state index is -4.55. The Labute approximate surface area is 248 Å². The first-order chi connectivity index (χ1) is 18.6. The fourth-order valence-electron chi connectivity index (χ4n) is 2.15. The fourth-order valence-corrected chi connectivity index (χ4v) is 9.83. The highest BCUT2D eigenvalue weighted by Crippen LogP contribution is 2.53. The Morgan fingerprint density at radius 1 is 0.341 bits per heavy atom. The highest BCUT2D eigenvalue weighted by Gasteiger charge is 2.29. The Kier molecular flexibility index (Phi) is 24.3. The van der Waals surface area contributed by atoms with E-state index in [0.717, 1.165) is 12.8 Å². The molecule has 2 unspecified atom stereocenters. The van der Waals surface area contributed by atoms with Gasteiger partial charge in [0.25, 0.3) is 0 Å². The largest absolute Gasteiger partial charge is 0.337 e. The summed E-state index contributed by atoms with van der Waals surface area (Å²) in [5.41, 5.74) is 11.3. The summed E-state index contributed by atoms with van der Waals surface area (Å²) in [4.78, 5) is 128. The first-order valence-electron chi connectivity index (χ1n) is 10.5. The molecular formula is C10H38N2O24P8. The third kappa shape index (κ3) is 58.6. The van der Waals surface area contributed by atoms with Crippen LogP contribution >= 0.6 is 60.8 Å². The van der Waals surface area contributed by atoms with Crippen LogP contribution in [0.2, 0.25) is 0 Å². The topological polar surface area (TPSA) is 512 Å². The van der Waals surface area contributed by atoms with E-state index < -0.39 is 84.4 Å². The third-order valence-corrected chi connectivity index (χ3v) is 15.1. The summed E-state index contributed by atoms with van der Waals surface area (Å²) in [6.07, 6.45) is 4.80. The summed E-state index contributed by atoms with van der Waals surface area (Å²) in [5.74, 6) is -5.50. The van der Waals surface area contributed by atoms with E-state index in [1.54, 1.807) is 0 Å². The van der Waals surface area contributed by atoms with Crippen molar-refractivity contribution < 1.29 is 115 Å². The van der Waals surface area contributed by atoms with Gasteiger partial charge in [0.1, 0.15) is 0 Å². The van der Waals surface area contributed by atoms with Crippen molar-refractivity contribution in [2.45, 2.75) is 37.8 Å². The zero-order chi connectivity index (χ0) is 36.8. The minimum Gasteiger partial charge on any atom is -0.326 e. The Balaban J connectivity index is -0.000000227. The molecule has 1 aliphatic rings. The minimum absolute atomic E-state index is 0.281. The molecule has 20 N–H and O–H groups in total. The van der Waals surface area contributed by atoms with Gasteiger partial charge >= 0.3 is 60.8 Å². The lowest BCUT2D eigenvalue weighted by atomic mass is 9.92. The van der Waals surface area contributed by atoms with E-state index in [1.165, 1.54) is 12.8 Å². The van der Waals surface area contributed by atoms with Crippen LogP contribution in [0.25, 0.3) is 0 Å². The molecule has 1 rings (SSSR count). The maximum absolute atomic E-state index is 9.85. The van der Waals surface area contributed by atoms with Gasteiger partial charge in [-0.2, -0.15) is 0 Å². The second-order valence-electron chi connectivity index (χ2n) is 8.50. The highest BCUT2D eigenvalue weighted by atomic mass is 31.3. The standard InChI is InChI=1S/C6H14N2.4CH6O6P2/c7-5-3-1-2-4-6(5)8;4*2-8(3,4)1-9(5,6)7/h5-6H,1-4,7-8H2;4*1H2,(H2,2,3,4)(H2,5,6,7). The van der Waals surface area contributed by atoms with Crippen LogP contribution in [0.3, 0.4) is 0 Å². The first-order valence-corrected chi connectivity index (χ1v) is 24.9. The van der Waals surface area contributed by atoms with E-state index in [4.69, 9.17) is 89.8 Å². The van der Waals surface area contributed by atoms with Gasteiger partial charge in [0.05, 0.1) is 0 Å². The van der Waals surface area contributed by atoms with Crippen LogP contribution in [0.15, 0.2) is 0 Å². The molecule has 44 heavy (non-hydrogen) atoms. The van der Waals surface area contributed by atoms with E-state index in [-0.39, 0.29) is 12.1 Å². The first kappa shape index (κ1) is 51.9. The molecule has 26 nitrogen and oxygen atoms in total. The van der Waals surface area contributed by atoms with E-state index in [0.29, 0.717) is 0 Å². The molecule has 0 radical (unpaired) electrons. The van der Waals surface area contributed by atoms with Gasteiger partial charge in [-0.3, -0.25) is 36.5 Å². The summed E-state index contributed by atoms with van der Waals surface area (Å²) in [6, 6.07) is 0.562. The van der Waals surface area contributed by atoms with Gasteiger partial charge < -0.3 is 89.8 Å². The summed E-state index contributed by atoms with van der Waals surface area (Å²) < 4.78 is 78.8. The lowest BCUT2D eigenvalue weighted by Crippen LogP contribution is -2.43. The molecule has 272 valence electrons. The summed E-state index contributed by atoms with van der Waals surface area (Å²) in [5, 5.41) is 0. The van der Waals surface area contributed by atoms with Crippen LogP contribution in [0.1, 0.15) is 25.7 Å². The van der Waals surface area contributed by atoms with Gasteiger partial charge in [-0.05, 0) is 12.8 Å². The maximum atomic E-state index is 9.85. The molecule has 0 aromatic rings. The van der Waals surface area contributed by atoms with Crippen molar-refractivity contribution in [1.82, 2.24) is 0 Å². The van der Waals surface area contributed by atoms with Crippen LogP contribution in [-0.2, 0) is 36.5 Å². The van der Waals surface area contributed by atoms with Crippen molar-refractivity contribution in [3.8, 4) is 0 Å². The summed E-state index contributed by atoms with van der Waals surface area (Å²) in [7, 11) is -36.4. The Hall–Kier alpha value is 1.12. The van der Waals surface area contributed by atoms with E-state index in [9.17, 15) is 36.5 Å². The highest BCUT2D eigenvalue weighted by molar-refractivity contribution is 7.70. The van der Waals surface area contributed by atoms with Crippen molar-refractivity contribution in [2.75, 3.05) is 23.6 Å². The Morgan fingerprint density at radius 3 is 0.500 bits per heavy atom. The van der Waals surface area contributed by atoms with E-state index >= 15 is 0 Å². The van der Waals surface area contributed by atoms with Gasteiger partial charge in [-0.25, -0.2) is 0 Å². The van der Waals surface area contributed by atoms with Crippen LogP contribution in [-0.4, -0.2) is 114 Å². The van der Waals surface area contributed by atoms with Crippen LogP contribution in [0.5, 0.6) is 0 Å². The molecule has 0 amide bonds. The van der Waals surface area contributed by atoms with E-state index in [1.807, 2.05) is 0 Å². The smallest absolute Gasteiger partial charge is 0.326 e. The Morgan fingerprint density at radius 2 is 0.455 bits per heavy atom. The molecule has 0 heterocycles. The van der Waals surface area contributed by atoms with Gasteiger partial charge in [0, 0.05) is 12.1 Å². The normalized spacial score (nSPS) is 18.5. The molecular weight excluding hydrogens is 780 g/mol. The molecule has 0 bridgehead atoms. The number of nitrogens with two attached hydrogens (primary N) is 2. The molecule has 0 aromatic carbocycles. The molecule has 2 atom stereocenters. The van der Waals surface area contributed by atoms with Crippen LogP contribution < -0.4 is 11.5 Å². The lowest BCUT2D eigenvalue weighted by Gasteiger charge is -2.24. The van der Waals surface area contributed by atoms with Gasteiger partial charge in [0.15, 0.2) is 23.6 Å². The third-order valence-electron chi connectivity index (χ3n) is 3.35. The zero-order valence-electron chi connectivity index (χ0n) is 22.0. The monoisotopic (exact) mass is 818 g/mol. The average molecular weight is 818 g/mol. The number of rotatable bonds is 8. The van der Waals surface area contributed by atoms with Crippen molar-refractivity contribution in [3.05, 3.63) is 0 Å². The quantitative estimate of drug-likeness (QED) is 0.112. The van der Waals surface area contributed by atoms with Gasteiger partial charge in [-0.1, -0.05) is 12.8 Å². The second-order valence-corrected chi connectivity index (χ2v) is 23.7. The van der Waals surface area contributed by atoms with Crippen molar-refractivity contribution in [2.24, 2.45) is 11.5 Å². The van der Waals surface area contributed by atoms with Crippen LogP contribution in [0.4, 0.5) is 0 Å².